The number of ether oxygens (including phenoxy) is 1. The Kier molecular flexibility index (Phi) is 6.18. The molecule has 3 rings (SSSR count). The minimum atomic E-state index is -0.349. The number of carbonyl (C=O) groups excluding carboxylic acids is 1. The molecule has 0 aromatic heterocycles. The molecule has 1 fully saturated rings. The summed E-state index contributed by atoms with van der Waals surface area (Å²) in [5, 5.41) is 3.33. The average Bonchev–Trinajstić information content (AvgIpc) is 2.62. The lowest BCUT2D eigenvalue weighted by Gasteiger charge is -2.29. The first-order valence-corrected chi connectivity index (χ1v) is 9.29. The smallest absolute Gasteiger partial charge is 0.234 e. The molecule has 1 heterocycles. The number of halogens is 2. The fourth-order valence-electron chi connectivity index (χ4n) is 2.55. The second-order valence-electron chi connectivity index (χ2n) is 5.53. The van der Waals surface area contributed by atoms with Crippen LogP contribution in [0.15, 0.2) is 47.4 Å². The molecule has 2 aromatic carbocycles. The van der Waals surface area contributed by atoms with Gasteiger partial charge in [0.1, 0.15) is 5.82 Å². The van der Waals surface area contributed by atoms with Crippen molar-refractivity contribution >= 4 is 40.6 Å². The lowest BCUT2D eigenvalue weighted by Crippen LogP contribution is -2.36. The molecule has 4 nitrogen and oxygen atoms in total. The van der Waals surface area contributed by atoms with Crippen LogP contribution in [0.4, 0.5) is 15.8 Å². The quantitative estimate of drug-likeness (QED) is 0.795. The van der Waals surface area contributed by atoms with E-state index in [-0.39, 0.29) is 17.5 Å². The molecule has 0 saturated carbocycles. The highest BCUT2D eigenvalue weighted by Crippen LogP contribution is 2.27. The van der Waals surface area contributed by atoms with E-state index < -0.39 is 0 Å². The summed E-state index contributed by atoms with van der Waals surface area (Å²) in [6.45, 7) is 2.52. The summed E-state index contributed by atoms with van der Waals surface area (Å²) in [6.07, 6.45) is 0. The van der Waals surface area contributed by atoms with Gasteiger partial charge in [0, 0.05) is 23.7 Å². The van der Waals surface area contributed by atoms with Gasteiger partial charge in [-0.05, 0) is 30.3 Å². The molecule has 1 aliphatic rings. The van der Waals surface area contributed by atoms with Crippen molar-refractivity contribution < 1.29 is 13.9 Å². The van der Waals surface area contributed by atoms with Gasteiger partial charge in [-0.3, -0.25) is 4.79 Å². The van der Waals surface area contributed by atoms with E-state index in [0.717, 1.165) is 4.90 Å². The van der Waals surface area contributed by atoms with Gasteiger partial charge in [0.05, 0.1) is 29.7 Å². The van der Waals surface area contributed by atoms with E-state index in [1.54, 1.807) is 18.2 Å². The number of thioether (sulfide) groups is 1. The lowest BCUT2D eigenvalue weighted by atomic mass is 10.2. The van der Waals surface area contributed by atoms with Crippen molar-refractivity contribution in [3.05, 3.63) is 53.3 Å². The molecule has 0 radical (unpaired) electrons. The van der Waals surface area contributed by atoms with Crippen molar-refractivity contribution in [1.82, 2.24) is 0 Å². The summed E-state index contributed by atoms with van der Waals surface area (Å²) >= 11 is 7.41. The van der Waals surface area contributed by atoms with Crippen molar-refractivity contribution in [1.29, 1.82) is 0 Å². The van der Waals surface area contributed by atoms with E-state index in [4.69, 9.17) is 16.3 Å². The molecule has 132 valence electrons. The maximum absolute atomic E-state index is 14.3. The average molecular weight is 381 g/mol. The molecule has 7 heteroatoms. The van der Waals surface area contributed by atoms with Crippen LogP contribution in [0, 0.1) is 5.82 Å². The van der Waals surface area contributed by atoms with Gasteiger partial charge in [0.2, 0.25) is 5.91 Å². The molecule has 1 N–H and O–H groups in total. The maximum atomic E-state index is 14.3. The number of carbonyl (C=O) groups is 1. The lowest BCUT2D eigenvalue weighted by molar-refractivity contribution is -0.113. The van der Waals surface area contributed by atoms with E-state index in [1.165, 1.54) is 17.8 Å². The van der Waals surface area contributed by atoms with Crippen molar-refractivity contribution in [2.45, 2.75) is 4.90 Å². The van der Waals surface area contributed by atoms with Crippen molar-refractivity contribution in [2.24, 2.45) is 0 Å². The van der Waals surface area contributed by atoms with Gasteiger partial charge in [0.25, 0.3) is 0 Å². The molecule has 2 aromatic rings. The molecule has 0 bridgehead atoms. The predicted octanol–water partition coefficient (Wildman–Crippen LogP) is 4.05. The first-order chi connectivity index (χ1) is 12.1. The van der Waals surface area contributed by atoms with Crippen molar-refractivity contribution in [3.8, 4) is 0 Å². The molecule has 0 aliphatic carbocycles. The highest BCUT2D eigenvalue weighted by molar-refractivity contribution is 8.00. The maximum Gasteiger partial charge on any atom is 0.234 e. The molecule has 25 heavy (non-hydrogen) atoms. The van der Waals surface area contributed by atoms with Gasteiger partial charge in [-0.25, -0.2) is 4.39 Å². The summed E-state index contributed by atoms with van der Waals surface area (Å²) in [5.74, 6) is -0.349. The Hall–Kier alpha value is -1.76. The Morgan fingerprint density at radius 3 is 2.72 bits per heavy atom. The monoisotopic (exact) mass is 380 g/mol. The van der Waals surface area contributed by atoms with Crippen LogP contribution in [0.1, 0.15) is 0 Å². The second kappa shape index (κ2) is 8.56. The van der Waals surface area contributed by atoms with Crippen LogP contribution < -0.4 is 10.2 Å². The Bertz CT molecular complexity index is 754. The van der Waals surface area contributed by atoms with E-state index in [1.807, 2.05) is 23.1 Å². The van der Waals surface area contributed by atoms with Crippen molar-refractivity contribution in [2.75, 3.05) is 42.3 Å². The number of morpholine rings is 1. The minimum Gasteiger partial charge on any atom is -0.378 e. The fourth-order valence-corrected chi connectivity index (χ4v) is 3.59. The first kappa shape index (κ1) is 18.0. The standard InChI is InChI=1S/C18H18ClFN2O2S/c19-14-3-1-2-4-17(14)25-12-18(23)21-13-5-6-16(15(20)11-13)22-7-9-24-10-8-22/h1-6,11H,7-10,12H2,(H,21,23). The van der Waals surface area contributed by atoms with E-state index in [0.29, 0.717) is 42.7 Å². The summed E-state index contributed by atoms with van der Waals surface area (Å²) in [7, 11) is 0. The molecule has 1 aliphatic heterocycles. The third kappa shape index (κ3) is 4.87. The highest BCUT2D eigenvalue weighted by atomic mass is 35.5. The SMILES string of the molecule is O=C(CSc1ccccc1Cl)Nc1ccc(N2CCOCC2)c(F)c1. The van der Waals surface area contributed by atoms with Gasteiger partial charge >= 0.3 is 0 Å². The zero-order valence-electron chi connectivity index (χ0n) is 13.5. The Morgan fingerprint density at radius 1 is 1.24 bits per heavy atom. The van der Waals surface area contributed by atoms with Gasteiger partial charge < -0.3 is 15.0 Å². The summed E-state index contributed by atoms with van der Waals surface area (Å²) < 4.78 is 19.6. The van der Waals surface area contributed by atoms with Crippen LogP contribution >= 0.6 is 23.4 Å². The van der Waals surface area contributed by atoms with Gasteiger partial charge in [-0.1, -0.05) is 23.7 Å². The van der Waals surface area contributed by atoms with E-state index in [9.17, 15) is 9.18 Å². The largest absolute Gasteiger partial charge is 0.378 e. The van der Waals surface area contributed by atoms with Gasteiger partial charge in [0.15, 0.2) is 0 Å². The van der Waals surface area contributed by atoms with Gasteiger partial charge in [-0.2, -0.15) is 0 Å². The van der Waals surface area contributed by atoms with E-state index in [2.05, 4.69) is 5.32 Å². The fraction of sp³-hybridized carbons (Fsp3) is 0.278. The Balaban J connectivity index is 1.58. The normalized spacial score (nSPS) is 14.4. The van der Waals surface area contributed by atoms with Crippen LogP contribution in [0.25, 0.3) is 0 Å². The van der Waals surface area contributed by atoms with Crippen LogP contribution in [-0.4, -0.2) is 38.0 Å². The number of rotatable bonds is 5. The van der Waals surface area contributed by atoms with E-state index >= 15 is 0 Å². The van der Waals surface area contributed by atoms with Crippen LogP contribution in [0.2, 0.25) is 5.02 Å². The second-order valence-corrected chi connectivity index (χ2v) is 6.96. The zero-order chi connectivity index (χ0) is 17.6. The van der Waals surface area contributed by atoms with Gasteiger partial charge in [-0.15, -0.1) is 11.8 Å². The number of nitrogens with zero attached hydrogens (tertiary/aromatic N) is 1. The first-order valence-electron chi connectivity index (χ1n) is 7.93. The number of hydrogen-bond acceptors (Lipinski definition) is 4. The topological polar surface area (TPSA) is 41.6 Å². The number of hydrogen-bond donors (Lipinski definition) is 1. The van der Waals surface area contributed by atoms with Crippen LogP contribution in [-0.2, 0) is 9.53 Å². The molecular weight excluding hydrogens is 363 g/mol. The number of nitrogens with one attached hydrogen (secondary N) is 1. The van der Waals surface area contributed by atoms with Crippen LogP contribution in [0.3, 0.4) is 0 Å². The predicted molar refractivity (Wildman–Crippen MR) is 100 cm³/mol. The minimum absolute atomic E-state index is 0.205. The molecule has 1 saturated heterocycles. The molecular formula is C18H18ClFN2O2S. The molecule has 1 amide bonds. The molecule has 0 unspecified atom stereocenters. The number of amides is 1. The summed E-state index contributed by atoms with van der Waals surface area (Å²) in [5.41, 5.74) is 0.978. The molecule has 0 spiro atoms. The molecule has 0 atom stereocenters. The number of anilines is 2. The van der Waals surface area contributed by atoms with Crippen molar-refractivity contribution in [3.63, 3.8) is 0 Å². The van der Waals surface area contributed by atoms with Crippen LogP contribution in [0.5, 0.6) is 0 Å². The zero-order valence-corrected chi connectivity index (χ0v) is 15.1. The third-order valence-electron chi connectivity index (χ3n) is 3.78. The summed E-state index contributed by atoms with van der Waals surface area (Å²) in [4.78, 5) is 14.9. The highest BCUT2D eigenvalue weighted by Gasteiger charge is 2.16. The summed E-state index contributed by atoms with van der Waals surface area (Å²) in [6, 6.07) is 12.1. The Labute approximate surface area is 155 Å². The number of benzene rings is 2. The Morgan fingerprint density at radius 2 is 2.00 bits per heavy atom. The third-order valence-corrected chi connectivity index (χ3v) is 5.29.